The third kappa shape index (κ3) is 5.76. The summed E-state index contributed by atoms with van der Waals surface area (Å²) in [4.78, 5) is 26.8. The lowest BCUT2D eigenvalue weighted by Crippen LogP contribution is -2.33. The number of likely N-dealkylation sites (tertiary alicyclic amines) is 1. The molecule has 3 rings (SSSR count). The number of carbonyl (C=O) groups excluding carboxylic acids is 2. The fraction of sp³-hybridized carbons (Fsp3) is 0.440. The first-order chi connectivity index (χ1) is 15.0. The fourth-order valence-electron chi connectivity index (χ4n) is 3.66. The predicted molar refractivity (Wildman–Crippen MR) is 127 cm³/mol. The standard InChI is InChI=1S/C25H32N2O4S/c1-18(23(28)26-22-13-11-21(12-14-22)25(2,3)4)32(30,31)17-19-7-9-20(10-8-19)24(29)27-15-5-6-16-27/h7-14,18H,5-6,15-17H2,1-4H3,(H,26,28)/t18-/m0/s1. The van der Waals surface area contributed by atoms with E-state index in [4.69, 9.17) is 0 Å². The van der Waals surface area contributed by atoms with Crippen LogP contribution in [-0.2, 0) is 25.8 Å². The largest absolute Gasteiger partial charge is 0.339 e. The molecule has 172 valence electrons. The van der Waals surface area contributed by atoms with Gasteiger partial charge in [0.1, 0.15) is 5.25 Å². The number of rotatable bonds is 6. The monoisotopic (exact) mass is 456 g/mol. The summed E-state index contributed by atoms with van der Waals surface area (Å²) in [6.45, 7) is 9.23. The van der Waals surface area contributed by atoms with Crippen molar-refractivity contribution in [3.8, 4) is 0 Å². The number of carbonyl (C=O) groups is 2. The normalized spacial score (nSPS) is 15.4. The van der Waals surface area contributed by atoms with Gasteiger partial charge in [-0.1, -0.05) is 45.0 Å². The number of anilines is 1. The maximum Gasteiger partial charge on any atom is 0.253 e. The van der Waals surface area contributed by atoms with Gasteiger partial charge in [-0.3, -0.25) is 9.59 Å². The minimum atomic E-state index is -3.72. The molecule has 0 saturated carbocycles. The minimum absolute atomic E-state index is 0.00614. The van der Waals surface area contributed by atoms with Gasteiger partial charge < -0.3 is 10.2 Å². The summed E-state index contributed by atoms with van der Waals surface area (Å²) in [7, 11) is -3.72. The van der Waals surface area contributed by atoms with E-state index in [1.807, 2.05) is 17.0 Å². The van der Waals surface area contributed by atoms with Gasteiger partial charge in [-0.05, 0) is 60.6 Å². The highest BCUT2D eigenvalue weighted by atomic mass is 32.2. The first kappa shape index (κ1) is 24.0. The van der Waals surface area contributed by atoms with Crippen molar-refractivity contribution < 1.29 is 18.0 Å². The van der Waals surface area contributed by atoms with Gasteiger partial charge in [-0.25, -0.2) is 8.42 Å². The molecule has 1 fully saturated rings. The van der Waals surface area contributed by atoms with Crippen LogP contribution in [0.4, 0.5) is 5.69 Å². The van der Waals surface area contributed by atoms with Gasteiger partial charge in [0.05, 0.1) is 5.75 Å². The first-order valence-corrected chi connectivity index (χ1v) is 12.7. The summed E-state index contributed by atoms with van der Waals surface area (Å²) < 4.78 is 25.6. The second kappa shape index (κ2) is 9.45. The second-order valence-electron chi connectivity index (χ2n) is 9.46. The average Bonchev–Trinajstić information content (AvgIpc) is 3.27. The topological polar surface area (TPSA) is 83.5 Å². The zero-order chi connectivity index (χ0) is 23.5. The van der Waals surface area contributed by atoms with Gasteiger partial charge >= 0.3 is 0 Å². The summed E-state index contributed by atoms with van der Waals surface area (Å²) in [6.07, 6.45) is 2.03. The van der Waals surface area contributed by atoms with Crippen LogP contribution in [0.3, 0.4) is 0 Å². The van der Waals surface area contributed by atoms with E-state index in [0.717, 1.165) is 31.5 Å². The van der Waals surface area contributed by atoms with Crippen LogP contribution in [0.25, 0.3) is 0 Å². The summed E-state index contributed by atoms with van der Waals surface area (Å²) in [5, 5.41) is 1.50. The van der Waals surface area contributed by atoms with Gasteiger partial charge in [-0.15, -0.1) is 0 Å². The Morgan fingerprint density at radius 2 is 1.53 bits per heavy atom. The molecule has 1 aliphatic heterocycles. The number of benzene rings is 2. The third-order valence-electron chi connectivity index (χ3n) is 5.89. The average molecular weight is 457 g/mol. The molecule has 1 atom stereocenters. The molecule has 0 bridgehead atoms. The molecule has 1 saturated heterocycles. The molecule has 2 aromatic carbocycles. The van der Waals surface area contributed by atoms with Crippen molar-refractivity contribution in [3.63, 3.8) is 0 Å². The maximum atomic E-state index is 12.8. The molecule has 1 N–H and O–H groups in total. The van der Waals surface area contributed by atoms with Crippen LogP contribution in [0.2, 0.25) is 0 Å². The molecule has 0 aromatic heterocycles. The molecule has 32 heavy (non-hydrogen) atoms. The zero-order valence-corrected chi connectivity index (χ0v) is 20.0. The van der Waals surface area contributed by atoms with E-state index < -0.39 is 21.0 Å². The van der Waals surface area contributed by atoms with Gasteiger partial charge in [0.2, 0.25) is 5.91 Å². The third-order valence-corrected chi connectivity index (χ3v) is 7.92. The molecule has 0 aliphatic carbocycles. The van der Waals surface area contributed by atoms with Gasteiger partial charge in [0, 0.05) is 24.3 Å². The fourth-order valence-corrected chi connectivity index (χ4v) is 4.96. The number of hydrogen-bond acceptors (Lipinski definition) is 4. The molecule has 0 spiro atoms. The highest BCUT2D eigenvalue weighted by Gasteiger charge is 2.28. The number of nitrogens with zero attached hydrogens (tertiary/aromatic N) is 1. The SMILES string of the molecule is C[C@@H](C(=O)Nc1ccc(C(C)(C)C)cc1)S(=O)(=O)Cc1ccc(C(=O)N2CCCC2)cc1. The number of amides is 2. The Hall–Kier alpha value is -2.67. The molecular formula is C25H32N2O4S. The lowest BCUT2D eigenvalue weighted by Gasteiger charge is -2.19. The van der Waals surface area contributed by atoms with E-state index >= 15 is 0 Å². The minimum Gasteiger partial charge on any atom is -0.339 e. The number of hydrogen-bond donors (Lipinski definition) is 1. The zero-order valence-electron chi connectivity index (χ0n) is 19.2. The Kier molecular flexibility index (Phi) is 7.08. The van der Waals surface area contributed by atoms with Gasteiger partial charge in [0.25, 0.3) is 5.91 Å². The number of nitrogens with one attached hydrogen (secondary N) is 1. The predicted octanol–water partition coefficient (Wildman–Crippen LogP) is 4.16. The van der Waals surface area contributed by atoms with E-state index in [-0.39, 0.29) is 17.1 Å². The van der Waals surface area contributed by atoms with Gasteiger partial charge in [0.15, 0.2) is 9.84 Å². The van der Waals surface area contributed by atoms with E-state index in [9.17, 15) is 18.0 Å². The van der Waals surface area contributed by atoms with Crippen molar-refractivity contribution >= 4 is 27.3 Å². The number of sulfone groups is 1. The van der Waals surface area contributed by atoms with Crippen LogP contribution in [0, 0.1) is 0 Å². The maximum absolute atomic E-state index is 12.8. The Morgan fingerprint density at radius 1 is 0.969 bits per heavy atom. The second-order valence-corrected chi connectivity index (χ2v) is 11.8. The molecule has 2 amide bonds. The highest BCUT2D eigenvalue weighted by Crippen LogP contribution is 2.24. The molecular weight excluding hydrogens is 424 g/mol. The first-order valence-electron chi connectivity index (χ1n) is 11.0. The molecule has 2 aromatic rings. The summed E-state index contributed by atoms with van der Waals surface area (Å²) in [5.41, 5.74) is 2.79. The Morgan fingerprint density at radius 3 is 2.06 bits per heavy atom. The van der Waals surface area contributed by atoms with Gasteiger partial charge in [-0.2, -0.15) is 0 Å². The molecule has 7 heteroatoms. The Bertz CT molecular complexity index is 1060. The molecule has 0 unspecified atom stereocenters. The Balaban J connectivity index is 1.62. The highest BCUT2D eigenvalue weighted by molar-refractivity contribution is 7.92. The molecule has 6 nitrogen and oxygen atoms in total. The quantitative estimate of drug-likeness (QED) is 0.707. The van der Waals surface area contributed by atoms with Crippen molar-refractivity contribution in [1.29, 1.82) is 0 Å². The van der Waals surface area contributed by atoms with Crippen LogP contribution in [0.5, 0.6) is 0 Å². The van der Waals surface area contributed by atoms with Crippen molar-refractivity contribution in [1.82, 2.24) is 4.90 Å². The Labute approximate surface area is 190 Å². The lowest BCUT2D eigenvalue weighted by atomic mass is 9.87. The van der Waals surface area contributed by atoms with Crippen LogP contribution >= 0.6 is 0 Å². The van der Waals surface area contributed by atoms with Crippen LogP contribution in [0.15, 0.2) is 48.5 Å². The molecule has 0 radical (unpaired) electrons. The van der Waals surface area contributed by atoms with E-state index in [1.54, 1.807) is 36.4 Å². The van der Waals surface area contributed by atoms with Crippen molar-refractivity contribution in [2.45, 2.75) is 57.0 Å². The van der Waals surface area contributed by atoms with Crippen LogP contribution < -0.4 is 5.32 Å². The van der Waals surface area contributed by atoms with Crippen LogP contribution in [0.1, 0.15) is 62.0 Å². The molecule has 1 aliphatic rings. The van der Waals surface area contributed by atoms with E-state index in [0.29, 0.717) is 16.8 Å². The summed E-state index contributed by atoms with van der Waals surface area (Å²) in [6, 6.07) is 14.1. The molecule has 1 heterocycles. The smallest absolute Gasteiger partial charge is 0.253 e. The van der Waals surface area contributed by atoms with E-state index in [2.05, 4.69) is 26.1 Å². The van der Waals surface area contributed by atoms with E-state index in [1.165, 1.54) is 6.92 Å². The summed E-state index contributed by atoms with van der Waals surface area (Å²) in [5.74, 6) is -0.848. The van der Waals surface area contributed by atoms with Crippen LogP contribution in [-0.4, -0.2) is 43.5 Å². The van der Waals surface area contributed by atoms with Crippen molar-refractivity contribution in [3.05, 3.63) is 65.2 Å². The lowest BCUT2D eigenvalue weighted by molar-refractivity contribution is -0.115. The van der Waals surface area contributed by atoms with Crippen molar-refractivity contribution in [2.24, 2.45) is 0 Å². The summed E-state index contributed by atoms with van der Waals surface area (Å²) >= 11 is 0. The van der Waals surface area contributed by atoms with Crippen molar-refractivity contribution in [2.75, 3.05) is 18.4 Å².